The van der Waals surface area contributed by atoms with Gasteiger partial charge in [-0.2, -0.15) is 0 Å². The zero-order valence-corrected chi connectivity index (χ0v) is 11.0. The monoisotopic (exact) mass is 348 g/mol. The van der Waals surface area contributed by atoms with Gasteiger partial charge in [0.2, 0.25) is 0 Å². The molecule has 11 heteroatoms. The van der Waals surface area contributed by atoms with Crippen molar-refractivity contribution in [2.45, 2.75) is 9.88 Å². The summed E-state index contributed by atoms with van der Waals surface area (Å²) < 4.78 is 57.4. The Morgan fingerprint density at radius 2 is 1.31 bits per heavy atom. The summed E-state index contributed by atoms with van der Waals surface area (Å²) >= 11 is -9.18. The maximum atomic E-state index is 11.2. The third-order valence-corrected chi connectivity index (χ3v) is 11.1. The molecule has 0 rings (SSSR count). The van der Waals surface area contributed by atoms with Crippen LogP contribution in [0.1, 0.15) is 0 Å². The summed E-state index contributed by atoms with van der Waals surface area (Å²) in [7, 11) is 0. The van der Waals surface area contributed by atoms with E-state index in [1.807, 2.05) is 0 Å². The fourth-order valence-electron chi connectivity index (χ4n) is 0.367. The summed E-state index contributed by atoms with van der Waals surface area (Å²) in [6.07, 6.45) is 0. The summed E-state index contributed by atoms with van der Waals surface area (Å²) in [4.78, 5) is 2.62. The van der Waals surface area contributed by atoms with Gasteiger partial charge in [0.05, 0.1) is 0 Å². The van der Waals surface area contributed by atoms with Crippen LogP contribution in [0.4, 0.5) is 9.05 Å². The zero-order valence-electron chi connectivity index (χ0n) is 6.52. The molecule has 0 fully saturated rings. The minimum atomic E-state index is -3.93. The van der Waals surface area contributed by atoms with Gasteiger partial charge < -0.3 is 0 Å². The summed E-state index contributed by atoms with van der Waals surface area (Å²) in [6.45, 7) is 0. The van der Waals surface area contributed by atoms with Crippen LogP contribution < -0.4 is 0 Å². The van der Waals surface area contributed by atoms with Crippen LogP contribution in [-0.4, -0.2) is 27.6 Å². The number of rotatable bonds is 6. The second-order valence-electron chi connectivity index (χ2n) is 2.10. The second-order valence-corrected chi connectivity index (χ2v) is 14.3. The molecule has 0 spiro atoms. The molecule has 6 nitrogen and oxygen atoms in total. The maximum absolute atomic E-state index is 11.2. The van der Waals surface area contributed by atoms with E-state index in [0.717, 1.165) is 0 Å². The van der Waals surface area contributed by atoms with E-state index in [0.29, 0.717) is 0 Å². The van der Waals surface area contributed by atoms with Crippen LogP contribution in [0.25, 0.3) is 0 Å². The molecule has 0 saturated carbocycles. The van der Waals surface area contributed by atoms with Crippen molar-refractivity contribution >= 4 is 41.9 Å². The SMILES string of the molecule is [CH3][Sn]([CH3])([O]S(=O)OF)[O]S(=O)OF. The Bertz CT molecular complexity index is 191. The van der Waals surface area contributed by atoms with Gasteiger partial charge in [0, 0.05) is 0 Å². The van der Waals surface area contributed by atoms with Crippen molar-refractivity contribution in [1.29, 1.82) is 0 Å². The van der Waals surface area contributed by atoms with E-state index in [9.17, 15) is 17.5 Å². The van der Waals surface area contributed by atoms with Crippen LogP contribution >= 0.6 is 0 Å². The normalized spacial score (nSPS) is 16.9. The van der Waals surface area contributed by atoms with Gasteiger partial charge in [-0.05, 0) is 0 Å². The first-order valence-corrected chi connectivity index (χ1v) is 12.8. The molecule has 0 aromatic heterocycles. The molecule has 0 aromatic rings. The van der Waals surface area contributed by atoms with E-state index >= 15 is 0 Å². The van der Waals surface area contributed by atoms with Gasteiger partial charge in [0.25, 0.3) is 0 Å². The van der Waals surface area contributed by atoms with E-state index in [1.165, 1.54) is 9.88 Å². The van der Waals surface area contributed by atoms with Crippen molar-refractivity contribution < 1.29 is 31.3 Å². The Balaban J connectivity index is 4.07. The Morgan fingerprint density at radius 3 is 1.54 bits per heavy atom. The van der Waals surface area contributed by atoms with Gasteiger partial charge in [-0.1, -0.05) is 0 Å². The fraction of sp³-hybridized carbons (Fsp3) is 1.00. The van der Waals surface area contributed by atoms with Crippen LogP contribution in [0.3, 0.4) is 0 Å². The van der Waals surface area contributed by atoms with E-state index < -0.39 is 41.9 Å². The average Bonchev–Trinajstić information content (AvgIpc) is 2.02. The van der Waals surface area contributed by atoms with Gasteiger partial charge in [0.15, 0.2) is 0 Å². The van der Waals surface area contributed by atoms with Gasteiger partial charge in [-0.3, -0.25) is 0 Å². The molecule has 13 heavy (non-hydrogen) atoms. The number of hydrogen-bond donors (Lipinski definition) is 0. The predicted octanol–water partition coefficient (Wildman–Crippen LogP) is 0.681. The van der Waals surface area contributed by atoms with E-state index in [4.69, 9.17) is 0 Å². The van der Waals surface area contributed by atoms with Gasteiger partial charge in [-0.15, -0.1) is 0 Å². The van der Waals surface area contributed by atoms with Crippen LogP contribution in [0, 0.1) is 0 Å². The molecule has 0 amide bonds. The first-order chi connectivity index (χ1) is 5.91. The molecule has 80 valence electrons. The zero-order chi connectivity index (χ0) is 10.5. The van der Waals surface area contributed by atoms with Crippen molar-refractivity contribution in [2.75, 3.05) is 0 Å². The number of hydrogen-bond acceptors (Lipinski definition) is 6. The summed E-state index contributed by atoms with van der Waals surface area (Å²) in [5.74, 6) is 0. The third-order valence-electron chi connectivity index (χ3n) is 0.640. The van der Waals surface area contributed by atoms with Gasteiger partial charge in [0.1, 0.15) is 0 Å². The molecule has 0 heterocycles. The van der Waals surface area contributed by atoms with Crippen LogP contribution in [0.15, 0.2) is 0 Å². The van der Waals surface area contributed by atoms with Gasteiger partial charge >= 0.3 is 83.1 Å². The number of halogens is 2. The quantitative estimate of drug-likeness (QED) is 0.659. The van der Waals surface area contributed by atoms with E-state index in [-0.39, 0.29) is 0 Å². The van der Waals surface area contributed by atoms with Crippen molar-refractivity contribution in [3.05, 3.63) is 0 Å². The van der Waals surface area contributed by atoms with E-state index in [1.54, 1.807) is 0 Å². The van der Waals surface area contributed by atoms with Crippen LogP contribution in [-0.2, 0) is 36.5 Å². The first kappa shape index (κ1) is 13.8. The molecular formula is C2H6F2O6S2Sn. The molecule has 2 unspecified atom stereocenters. The van der Waals surface area contributed by atoms with Crippen LogP contribution in [0.2, 0.25) is 9.88 Å². The molecule has 0 bridgehead atoms. The fourth-order valence-corrected chi connectivity index (χ4v) is 7.95. The molecule has 0 radical (unpaired) electrons. The molecule has 0 aliphatic heterocycles. The third kappa shape index (κ3) is 6.81. The molecule has 2 atom stereocenters. The Morgan fingerprint density at radius 1 is 1.00 bits per heavy atom. The standard InChI is InChI=1S/2CH3.2FHO3S.Sn/c;;2*1-4-5(2)3;/h2*1H3;2*(H,2,3);/q;;;;+2/p-2. The summed E-state index contributed by atoms with van der Waals surface area (Å²) in [5.41, 5.74) is 0. The average molecular weight is 347 g/mol. The van der Waals surface area contributed by atoms with Crippen molar-refractivity contribution in [2.24, 2.45) is 0 Å². The molecule has 0 aliphatic carbocycles. The molecule has 0 saturated heterocycles. The second kappa shape index (κ2) is 6.31. The van der Waals surface area contributed by atoms with E-state index in [2.05, 4.69) is 13.8 Å². The molecule has 0 aliphatic rings. The van der Waals surface area contributed by atoms with Crippen LogP contribution in [0.5, 0.6) is 0 Å². The Hall–Kier alpha value is 0.799. The molecule has 0 N–H and O–H groups in total. The summed E-state index contributed by atoms with van der Waals surface area (Å²) in [6, 6.07) is 0. The minimum absolute atomic E-state index is 1.31. The topological polar surface area (TPSA) is 71.1 Å². The summed E-state index contributed by atoms with van der Waals surface area (Å²) in [5, 5.41) is 0. The van der Waals surface area contributed by atoms with Crippen molar-refractivity contribution in [3.8, 4) is 0 Å². The molecule has 0 aromatic carbocycles. The van der Waals surface area contributed by atoms with Gasteiger partial charge in [-0.25, -0.2) is 0 Å². The van der Waals surface area contributed by atoms with Crippen molar-refractivity contribution in [1.82, 2.24) is 0 Å². The first-order valence-electron chi connectivity index (χ1n) is 2.72. The predicted molar refractivity (Wildman–Crippen MR) is 40.3 cm³/mol. The Labute approximate surface area is 83.0 Å². The molecular weight excluding hydrogens is 341 g/mol. The Kier molecular flexibility index (Phi) is 6.70. The van der Waals surface area contributed by atoms with Crippen molar-refractivity contribution in [3.63, 3.8) is 0 Å².